The van der Waals surface area contributed by atoms with Crippen LogP contribution in [-0.2, 0) is 10.0 Å². The standard InChI is InChI=1S/C18H30FN3O3S/c1-18(2,22-12-17(23)14-8-15(19)11-21-10-14)9-13-4-6-16(7-5-13)26(24,25)20-3/h8,10-11,13,16-17,20,22-23H,4-7,9,12H2,1-3H3. The first kappa shape index (κ1) is 21.2. The molecule has 8 heteroatoms. The molecule has 26 heavy (non-hydrogen) atoms. The molecule has 0 aliphatic heterocycles. The molecule has 0 bridgehead atoms. The number of β-amino-alcohol motifs (C(OH)–C–C–N with tert-alkyl or cyclic N) is 1. The van der Waals surface area contributed by atoms with Crippen LogP contribution in [-0.4, -0.2) is 42.9 Å². The molecular weight excluding hydrogens is 357 g/mol. The summed E-state index contributed by atoms with van der Waals surface area (Å²) in [7, 11) is -1.71. The summed E-state index contributed by atoms with van der Waals surface area (Å²) in [6.45, 7) is 4.45. The van der Waals surface area contributed by atoms with Crippen molar-refractivity contribution in [3.05, 3.63) is 29.8 Å². The predicted octanol–water partition coefficient (Wildman–Crippen LogP) is 2.12. The van der Waals surface area contributed by atoms with Crippen LogP contribution in [0.3, 0.4) is 0 Å². The summed E-state index contributed by atoms with van der Waals surface area (Å²) < 4.78 is 39.4. The Morgan fingerprint density at radius 3 is 2.54 bits per heavy atom. The van der Waals surface area contributed by atoms with Gasteiger partial charge in [-0.2, -0.15) is 0 Å². The van der Waals surface area contributed by atoms with Gasteiger partial charge >= 0.3 is 0 Å². The number of halogens is 1. The molecule has 148 valence electrons. The Balaban J connectivity index is 1.82. The molecule has 1 aromatic heterocycles. The van der Waals surface area contributed by atoms with E-state index in [0.29, 0.717) is 30.9 Å². The van der Waals surface area contributed by atoms with Gasteiger partial charge in [0, 0.05) is 23.8 Å². The lowest BCUT2D eigenvalue weighted by atomic mass is 9.80. The highest BCUT2D eigenvalue weighted by Crippen LogP contribution is 2.33. The second kappa shape index (κ2) is 8.73. The third kappa shape index (κ3) is 5.97. The van der Waals surface area contributed by atoms with Crippen molar-refractivity contribution in [3.63, 3.8) is 0 Å². The van der Waals surface area contributed by atoms with Crippen LogP contribution in [0.5, 0.6) is 0 Å². The fourth-order valence-corrected chi connectivity index (χ4v) is 4.93. The van der Waals surface area contributed by atoms with Crippen molar-refractivity contribution in [2.75, 3.05) is 13.6 Å². The van der Waals surface area contributed by atoms with E-state index < -0.39 is 21.9 Å². The maximum atomic E-state index is 13.2. The van der Waals surface area contributed by atoms with Gasteiger partial charge in [0.25, 0.3) is 0 Å². The molecule has 1 aliphatic rings. The number of nitrogens with zero attached hydrogens (tertiary/aromatic N) is 1. The van der Waals surface area contributed by atoms with E-state index in [1.54, 1.807) is 0 Å². The van der Waals surface area contributed by atoms with Crippen LogP contribution in [0.4, 0.5) is 4.39 Å². The quantitative estimate of drug-likeness (QED) is 0.636. The van der Waals surface area contributed by atoms with Crippen LogP contribution in [0, 0.1) is 11.7 Å². The van der Waals surface area contributed by atoms with Crippen molar-refractivity contribution in [1.82, 2.24) is 15.0 Å². The molecule has 1 heterocycles. The Morgan fingerprint density at radius 2 is 1.96 bits per heavy atom. The van der Waals surface area contributed by atoms with Gasteiger partial charge in [0.15, 0.2) is 0 Å². The van der Waals surface area contributed by atoms with Gasteiger partial charge in [-0.05, 0) is 65.0 Å². The molecule has 0 spiro atoms. The van der Waals surface area contributed by atoms with Gasteiger partial charge < -0.3 is 10.4 Å². The summed E-state index contributed by atoms with van der Waals surface area (Å²) in [6.07, 6.45) is 5.77. The third-order valence-corrected chi connectivity index (χ3v) is 7.12. The van der Waals surface area contributed by atoms with E-state index in [-0.39, 0.29) is 10.8 Å². The number of hydrogen-bond acceptors (Lipinski definition) is 5. The van der Waals surface area contributed by atoms with E-state index in [9.17, 15) is 17.9 Å². The van der Waals surface area contributed by atoms with Crippen molar-refractivity contribution in [2.45, 2.75) is 62.8 Å². The minimum atomic E-state index is -3.18. The molecule has 1 aliphatic carbocycles. The van der Waals surface area contributed by atoms with Gasteiger partial charge in [-0.1, -0.05) is 0 Å². The maximum Gasteiger partial charge on any atom is 0.214 e. The third-order valence-electron chi connectivity index (χ3n) is 5.20. The van der Waals surface area contributed by atoms with Gasteiger partial charge in [-0.15, -0.1) is 0 Å². The normalized spacial score (nSPS) is 23.0. The van der Waals surface area contributed by atoms with E-state index in [4.69, 9.17) is 0 Å². The fraction of sp³-hybridized carbons (Fsp3) is 0.722. The number of nitrogens with one attached hydrogen (secondary N) is 2. The van der Waals surface area contributed by atoms with Crippen LogP contribution in [0.1, 0.15) is 57.6 Å². The number of aromatic nitrogens is 1. The summed E-state index contributed by atoms with van der Waals surface area (Å²) in [5, 5.41) is 13.3. The Kier molecular flexibility index (Phi) is 7.12. The Morgan fingerprint density at radius 1 is 1.31 bits per heavy atom. The van der Waals surface area contributed by atoms with E-state index >= 15 is 0 Å². The zero-order valence-electron chi connectivity index (χ0n) is 15.7. The van der Waals surface area contributed by atoms with E-state index in [1.165, 1.54) is 19.3 Å². The van der Waals surface area contributed by atoms with Crippen LogP contribution in [0.15, 0.2) is 18.5 Å². The largest absolute Gasteiger partial charge is 0.387 e. The highest BCUT2D eigenvalue weighted by molar-refractivity contribution is 7.90. The van der Waals surface area contributed by atoms with Crippen molar-refractivity contribution < 1.29 is 17.9 Å². The summed E-state index contributed by atoms with van der Waals surface area (Å²) in [5.41, 5.74) is 0.243. The predicted molar refractivity (Wildman–Crippen MR) is 99.6 cm³/mol. The van der Waals surface area contributed by atoms with Crippen molar-refractivity contribution in [3.8, 4) is 0 Å². The number of aliphatic hydroxyl groups is 1. The number of sulfonamides is 1. The molecule has 1 fully saturated rings. The molecule has 2 rings (SSSR count). The Bertz CT molecular complexity index is 689. The van der Waals surface area contributed by atoms with Crippen molar-refractivity contribution >= 4 is 10.0 Å². The highest BCUT2D eigenvalue weighted by atomic mass is 32.2. The summed E-state index contributed by atoms with van der Waals surface area (Å²) in [6, 6.07) is 1.29. The lowest BCUT2D eigenvalue weighted by Crippen LogP contribution is -2.44. The second-order valence-corrected chi connectivity index (χ2v) is 9.98. The first-order valence-corrected chi connectivity index (χ1v) is 10.6. The summed E-state index contributed by atoms with van der Waals surface area (Å²) in [5.74, 6) is -0.0112. The van der Waals surface area contributed by atoms with Gasteiger partial charge in [-0.25, -0.2) is 17.5 Å². The van der Waals surface area contributed by atoms with Gasteiger partial charge in [0.2, 0.25) is 10.0 Å². The number of hydrogen-bond donors (Lipinski definition) is 3. The zero-order valence-corrected chi connectivity index (χ0v) is 16.5. The first-order valence-electron chi connectivity index (χ1n) is 9.09. The van der Waals surface area contributed by atoms with Crippen LogP contribution < -0.4 is 10.0 Å². The van der Waals surface area contributed by atoms with Crippen LogP contribution >= 0.6 is 0 Å². The van der Waals surface area contributed by atoms with E-state index in [1.807, 2.05) is 0 Å². The van der Waals surface area contributed by atoms with Crippen LogP contribution in [0.2, 0.25) is 0 Å². The number of rotatable bonds is 8. The first-order chi connectivity index (χ1) is 12.1. The number of aliphatic hydroxyl groups excluding tert-OH is 1. The fourth-order valence-electron chi connectivity index (χ4n) is 3.71. The van der Waals surface area contributed by atoms with E-state index in [0.717, 1.165) is 25.5 Å². The molecule has 1 aromatic rings. The van der Waals surface area contributed by atoms with Crippen LogP contribution in [0.25, 0.3) is 0 Å². The molecule has 0 radical (unpaired) electrons. The number of pyridine rings is 1. The minimum Gasteiger partial charge on any atom is -0.387 e. The second-order valence-electron chi connectivity index (χ2n) is 7.81. The molecule has 1 unspecified atom stereocenters. The molecule has 1 saturated carbocycles. The van der Waals surface area contributed by atoms with Crippen molar-refractivity contribution in [2.24, 2.45) is 5.92 Å². The summed E-state index contributed by atoms with van der Waals surface area (Å²) >= 11 is 0. The van der Waals surface area contributed by atoms with Gasteiger partial charge in [-0.3, -0.25) is 4.98 Å². The van der Waals surface area contributed by atoms with Gasteiger partial charge in [0.1, 0.15) is 5.82 Å². The molecule has 6 nitrogen and oxygen atoms in total. The topological polar surface area (TPSA) is 91.3 Å². The van der Waals surface area contributed by atoms with Gasteiger partial charge in [0.05, 0.1) is 17.6 Å². The van der Waals surface area contributed by atoms with E-state index in [2.05, 4.69) is 28.9 Å². The highest BCUT2D eigenvalue weighted by Gasteiger charge is 2.32. The average molecular weight is 388 g/mol. The SMILES string of the molecule is CNS(=O)(=O)C1CCC(CC(C)(C)NCC(O)c2cncc(F)c2)CC1. The molecule has 3 N–H and O–H groups in total. The molecular formula is C18H30FN3O3S. The summed E-state index contributed by atoms with van der Waals surface area (Å²) in [4.78, 5) is 3.76. The Labute approximate surface area is 155 Å². The lowest BCUT2D eigenvalue weighted by Gasteiger charge is -2.35. The molecule has 0 saturated heterocycles. The molecule has 0 aromatic carbocycles. The maximum absolute atomic E-state index is 13.2. The average Bonchev–Trinajstić information content (AvgIpc) is 2.60. The molecule has 1 atom stereocenters. The monoisotopic (exact) mass is 387 g/mol. The van der Waals surface area contributed by atoms with Crippen molar-refractivity contribution in [1.29, 1.82) is 0 Å². The molecule has 0 amide bonds. The Hall–Kier alpha value is -1.09. The lowest BCUT2D eigenvalue weighted by molar-refractivity contribution is 0.150. The minimum absolute atomic E-state index is 0.207. The zero-order chi connectivity index (χ0) is 19.4. The smallest absolute Gasteiger partial charge is 0.214 e.